The van der Waals surface area contributed by atoms with E-state index in [1.54, 1.807) is 12.1 Å². The van der Waals surface area contributed by atoms with E-state index in [9.17, 15) is 4.39 Å². The molecule has 4 nitrogen and oxygen atoms in total. The van der Waals surface area contributed by atoms with Crippen molar-refractivity contribution in [3.05, 3.63) is 47.4 Å². The third-order valence-electron chi connectivity index (χ3n) is 2.81. The van der Waals surface area contributed by atoms with Crippen LogP contribution in [0.5, 0.6) is 0 Å². The smallest absolute Gasteiger partial charge is 0.224 e. The highest BCUT2D eigenvalue weighted by Gasteiger charge is 2.04. The van der Waals surface area contributed by atoms with Gasteiger partial charge < -0.3 is 10.6 Å². The highest BCUT2D eigenvalue weighted by molar-refractivity contribution is 5.42. The highest BCUT2D eigenvalue weighted by Crippen LogP contribution is 2.12. The molecule has 106 valence electrons. The third kappa shape index (κ3) is 3.91. The summed E-state index contributed by atoms with van der Waals surface area (Å²) in [6.07, 6.45) is 1.01. The Bertz CT molecular complexity index is 572. The highest BCUT2D eigenvalue weighted by atomic mass is 19.1. The number of nitrogens with one attached hydrogen (secondary N) is 2. The van der Waals surface area contributed by atoms with Gasteiger partial charge in [-0.15, -0.1) is 0 Å². The maximum atomic E-state index is 13.5. The third-order valence-corrected chi connectivity index (χ3v) is 2.81. The minimum absolute atomic E-state index is 0.213. The van der Waals surface area contributed by atoms with Crippen molar-refractivity contribution in [3.8, 4) is 0 Å². The quantitative estimate of drug-likeness (QED) is 0.848. The van der Waals surface area contributed by atoms with Crippen molar-refractivity contribution in [1.82, 2.24) is 9.97 Å². The lowest BCUT2D eigenvalue weighted by atomic mass is 10.2. The SMILES string of the molecule is CCCNc1nc(C)cc(NCc2ccccc2F)n1. The summed E-state index contributed by atoms with van der Waals surface area (Å²) in [6.45, 7) is 5.22. The van der Waals surface area contributed by atoms with Crippen LogP contribution >= 0.6 is 0 Å². The lowest BCUT2D eigenvalue weighted by Gasteiger charge is -2.10. The monoisotopic (exact) mass is 274 g/mol. The molecule has 2 aromatic rings. The summed E-state index contributed by atoms with van der Waals surface area (Å²) in [5.74, 6) is 1.08. The summed E-state index contributed by atoms with van der Waals surface area (Å²) in [5.41, 5.74) is 1.49. The van der Waals surface area contributed by atoms with Crippen LogP contribution in [-0.4, -0.2) is 16.5 Å². The molecule has 1 heterocycles. The fourth-order valence-corrected chi connectivity index (χ4v) is 1.80. The van der Waals surface area contributed by atoms with Crippen molar-refractivity contribution < 1.29 is 4.39 Å². The molecule has 20 heavy (non-hydrogen) atoms. The Morgan fingerprint density at radius 1 is 1.15 bits per heavy atom. The van der Waals surface area contributed by atoms with E-state index in [0.29, 0.717) is 23.9 Å². The first-order valence-electron chi connectivity index (χ1n) is 6.76. The van der Waals surface area contributed by atoms with Gasteiger partial charge in [-0.1, -0.05) is 25.1 Å². The van der Waals surface area contributed by atoms with Gasteiger partial charge in [0.15, 0.2) is 0 Å². The van der Waals surface area contributed by atoms with Crippen LogP contribution in [0.4, 0.5) is 16.2 Å². The number of halogens is 1. The summed E-state index contributed by atoms with van der Waals surface area (Å²) in [6, 6.07) is 8.56. The first-order chi connectivity index (χ1) is 9.69. The fraction of sp³-hybridized carbons (Fsp3) is 0.333. The van der Waals surface area contributed by atoms with Gasteiger partial charge >= 0.3 is 0 Å². The van der Waals surface area contributed by atoms with Crippen molar-refractivity contribution in [2.45, 2.75) is 26.8 Å². The molecular formula is C15H19FN4. The molecule has 0 bridgehead atoms. The molecule has 0 aliphatic rings. The van der Waals surface area contributed by atoms with Gasteiger partial charge in [0.2, 0.25) is 5.95 Å². The largest absolute Gasteiger partial charge is 0.366 e. The van der Waals surface area contributed by atoms with Gasteiger partial charge in [0, 0.05) is 30.4 Å². The molecule has 2 rings (SSSR count). The van der Waals surface area contributed by atoms with Crippen LogP contribution in [0, 0.1) is 12.7 Å². The predicted octanol–water partition coefficient (Wildman–Crippen LogP) is 3.36. The number of nitrogens with zero attached hydrogens (tertiary/aromatic N) is 2. The number of benzene rings is 1. The van der Waals surface area contributed by atoms with Gasteiger partial charge in [-0.3, -0.25) is 0 Å². The normalized spacial score (nSPS) is 10.3. The molecule has 1 aromatic carbocycles. The second kappa shape index (κ2) is 6.84. The van der Waals surface area contributed by atoms with Crippen LogP contribution < -0.4 is 10.6 Å². The molecule has 0 atom stereocenters. The van der Waals surface area contributed by atoms with Gasteiger partial charge in [-0.05, 0) is 19.4 Å². The molecule has 0 saturated carbocycles. The Morgan fingerprint density at radius 2 is 1.95 bits per heavy atom. The van der Waals surface area contributed by atoms with Crippen molar-refractivity contribution >= 4 is 11.8 Å². The Labute approximate surface area is 118 Å². The molecule has 0 unspecified atom stereocenters. The van der Waals surface area contributed by atoms with Gasteiger partial charge in [-0.25, -0.2) is 9.37 Å². The minimum Gasteiger partial charge on any atom is -0.366 e. The van der Waals surface area contributed by atoms with E-state index in [4.69, 9.17) is 0 Å². The van der Waals surface area contributed by atoms with Crippen LogP contribution in [0.2, 0.25) is 0 Å². The number of hydrogen-bond acceptors (Lipinski definition) is 4. The van der Waals surface area contributed by atoms with E-state index in [1.807, 2.05) is 19.1 Å². The Kier molecular flexibility index (Phi) is 4.87. The van der Waals surface area contributed by atoms with E-state index in [-0.39, 0.29) is 5.82 Å². The van der Waals surface area contributed by atoms with Crippen molar-refractivity contribution in [2.24, 2.45) is 0 Å². The predicted molar refractivity (Wildman–Crippen MR) is 79.3 cm³/mol. The van der Waals surface area contributed by atoms with Crippen molar-refractivity contribution in [3.63, 3.8) is 0 Å². The summed E-state index contributed by atoms with van der Waals surface area (Å²) in [7, 11) is 0. The maximum Gasteiger partial charge on any atom is 0.224 e. The molecule has 0 radical (unpaired) electrons. The van der Waals surface area contributed by atoms with Crippen LogP contribution in [-0.2, 0) is 6.54 Å². The van der Waals surface area contributed by atoms with Gasteiger partial charge in [-0.2, -0.15) is 4.98 Å². The molecular weight excluding hydrogens is 255 g/mol. The lowest BCUT2D eigenvalue weighted by Crippen LogP contribution is -2.09. The number of anilines is 2. The minimum atomic E-state index is -0.213. The Balaban J connectivity index is 2.05. The molecule has 0 amide bonds. The standard InChI is InChI=1S/C15H19FN4/c1-3-8-17-15-19-11(2)9-14(20-15)18-10-12-6-4-5-7-13(12)16/h4-7,9H,3,8,10H2,1-2H3,(H2,17,18,19,20). The van der Waals surface area contributed by atoms with Gasteiger partial charge in [0.1, 0.15) is 11.6 Å². The van der Waals surface area contributed by atoms with E-state index in [1.165, 1.54) is 6.07 Å². The van der Waals surface area contributed by atoms with E-state index in [0.717, 1.165) is 18.7 Å². The van der Waals surface area contributed by atoms with Crippen LogP contribution in [0.25, 0.3) is 0 Å². The second-order valence-corrected chi connectivity index (χ2v) is 4.59. The first-order valence-corrected chi connectivity index (χ1v) is 6.76. The summed E-state index contributed by atoms with van der Waals surface area (Å²) in [4.78, 5) is 8.67. The van der Waals surface area contributed by atoms with Crippen molar-refractivity contribution in [1.29, 1.82) is 0 Å². The molecule has 5 heteroatoms. The molecule has 1 aromatic heterocycles. The van der Waals surface area contributed by atoms with E-state index < -0.39 is 0 Å². The lowest BCUT2D eigenvalue weighted by molar-refractivity contribution is 0.613. The molecule has 0 aliphatic carbocycles. The zero-order valence-electron chi connectivity index (χ0n) is 11.8. The number of rotatable bonds is 6. The average Bonchev–Trinajstić information content (AvgIpc) is 2.44. The zero-order chi connectivity index (χ0) is 14.4. The number of aryl methyl sites for hydroxylation is 1. The summed E-state index contributed by atoms with van der Waals surface area (Å²) in [5, 5.41) is 6.28. The second-order valence-electron chi connectivity index (χ2n) is 4.59. The summed E-state index contributed by atoms with van der Waals surface area (Å²) < 4.78 is 13.5. The molecule has 2 N–H and O–H groups in total. The average molecular weight is 274 g/mol. The molecule has 0 aliphatic heterocycles. The van der Waals surface area contributed by atoms with Gasteiger partial charge in [0.05, 0.1) is 0 Å². The summed E-state index contributed by atoms with van der Waals surface area (Å²) >= 11 is 0. The zero-order valence-corrected chi connectivity index (χ0v) is 11.8. The van der Waals surface area contributed by atoms with Crippen molar-refractivity contribution in [2.75, 3.05) is 17.2 Å². The molecule has 0 saturated heterocycles. The molecule has 0 spiro atoms. The fourth-order valence-electron chi connectivity index (χ4n) is 1.80. The van der Waals surface area contributed by atoms with Crippen LogP contribution in [0.3, 0.4) is 0 Å². The van der Waals surface area contributed by atoms with Crippen LogP contribution in [0.1, 0.15) is 24.6 Å². The topological polar surface area (TPSA) is 49.8 Å². The number of hydrogen-bond donors (Lipinski definition) is 2. The molecule has 0 fully saturated rings. The van der Waals surface area contributed by atoms with E-state index >= 15 is 0 Å². The van der Waals surface area contributed by atoms with Crippen LogP contribution in [0.15, 0.2) is 30.3 Å². The van der Waals surface area contributed by atoms with E-state index in [2.05, 4.69) is 27.5 Å². The Morgan fingerprint density at radius 3 is 2.70 bits per heavy atom. The maximum absolute atomic E-state index is 13.5. The Hall–Kier alpha value is -2.17. The van der Waals surface area contributed by atoms with Gasteiger partial charge in [0.25, 0.3) is 0 Å². The number of aromatic nitrogens is 2. The first kappa shape index (κ1) is 14.2.